The average Bonchev–Trinajstić information content (AvgIpc) is 2.78. The van der Waals surface area contributed by atoms with Crippen molar-refractivity contribution in [1.29, 1.82) is 0 Å². The maximum absolute atomic E-state index is 13.5. The zero-order chi connectivity index (χ0) is 22.5. The van der Waals surface area contributed by atoms with E-state index in [4.69, 9.17) is 9.47 Å². The molecule has 0 aromatic heterocycles. The van der Waals surface area contributed by atoms with Crippen LogP contribution in [0.2, 0.25) is 0 Å². The Kier molecular flexibility index (Phi) is 7.21. The Hall–Kier alpha value is -3.02. The van der Waals surface area contributed by atoms with Crippen LogP contribution in [0.25, 0.3) is 0 Å². The third kappa shape index (κ3) is 4.84. The number of hydrogen-bond donors (Lipinski definition) is 0. The van der Waals surface area contributed by atoms with Crippen molar-refractivity contribution >= 4 is 17.5 Å². The van der Waals surface area contributed by atoms with E-state index in [1.807, 2.05) is 55.6 Å². The Bertz CT molecular complexity index is 910. The molecule has 2 aromatic carbocycles. The number of piperidine rings is 1. The number of carbonyl (C=O) groups is 2. The molecule has 1 fully saturated rings. The summed E-state index contributed by atoms with van der Waals surface area (Å²) in [7, 11) is 5.07. The fourth-order valence-electron chi connectivity index (χ4n) is 4.39. The normalized spacial score (nSPS) is 18.8. The number of para-hydroxylation sites is 1. The van der Waals surface area contributed by atoms with Gasteiger partial charge in [-0.3, -0.25) is 9.59 Å². The molecular weight excluding hydrogens is 392 g/mol. The van der Waals surface area contributed by atoms with E-state index < -0.39 is 6.04 Å². The van der Waals surface area contributed by atoms with Gasteiger partial charge in [0.15, 0.2) is 0 Å². The number of nitrogens with zero attached hydrogens (tertiary/aromatic N) is 2. The molecule has 6 heteroatoms. The Morgan fingerprint density at radius 3 is 2.39 bits per heavy atom. The molecule has 0 N–H and O–H groups in total. The highest BCUT2D eigenvalue weighted by Gasteiger charge is 2.43. The minimum atomic E-state index is -0.451. The highest BCUT2D eigenvalue weighted by molar-refractivity contribution is 5.97. The fourth-order valence-corrected chi connectivity index (χ4v) is 4.39. The molecule has 1 saturated heterocycles. The van der Waals surface area contributed by atoms with E-state index in [0.29, 0.717) is 36.8 Å². The molecule has 0 spiro atoms. The van der Waals surface area contributed by atoms with Gasteiger partial charge in [0.05, 0.1) is 26.2 Å². The summed E-state index contributed by atoms with van der Waals surface area (Å²) in [5, 5.41) is 0. The number of ether oxygens (including phenoxy) is 2. The molecule has 2 atom stereocenters. The number of carbonyl (C=O) groups excluding carboxylic acids is 2. The van der Waals surface area contributed by atoms with Crippen molar-refractivity contribution in [2.24, 2.45) is 11.8 Å². The summed E-state index contributed by atoms with van der Waals surface area (Å²) in [5.41, 5.74) is 1.58. The van der Waals surface area contributed by atoms with Crippen LogP contribution in [-0.2, 0) is 9.59 Å². The van der Waals surface area contributed by atoms with Gasteiger partial charge in [-0.25, -0.2) is 0 Å². The lowest BCUT2D eigenvalue weighted by Crippen LogP contribution is -2.49. The Morgan fingerprint density at radius 1 is 1.10 bits per heavy atom. The Balaban J connectivity index is 2.10. The highest BCUT2D eigenvalue weighted by atomic mass is 16.5. The molecule has 2 aromatic rings. The first-order valence-electron chi connectivity index (χ1n) is 10.7. The second-order valence-corrected chi connectivity index (χ2v) is 8.41. The smallest absolute Gasteiger partial charge is 0.227 e. The van der Waals surface area contributed by atoms with E-state index in [9.17, 15) is 9.59 Å². The SMILES string of the molecule is COc1ccc(N2C(=O)CCC(C(=O)N(C)CC(C)C)C2c2ccccc2OC)cc1. The molecule has 2 amide bonds. The van der Waals surface area contributed by atoms with Crippen LogP contribution in [0.5, 0.6) is 11.5 Å². The van der Waals surface area contributed by atoms with Gasteiger partial charge in [-0.15, -0.1) is 0 Å². The monoisotopic (exact) mass is 424 g/mol. The van der Waals surface area contributed by atoms with Crippen molar-refractivity contribution in [3.63, 3.8) is 0 Å². The number of anilines is 1. The van der Waals surface area contributed by atoms with Gasteiger partial charge in [0.1, 0.15) is 11.5 Å². The van der Waals surface area contributed by atoms with Crippen LogP contribution in [0.1, 0.15) is 38.3 Å². The lowest BCUT2D eigenvalue weighted by Gasteiger charge is -2.42. The van der Waals surface area contributed by atoms with E-state index in [-0.39, 0.29) is 17.7 Å². The third-order valence-corrected chi connectivity index (χ3v) is 5.74. The van der Waals surface area contributed by atoms with Crippen LogP contribution in [0, 0.1) is 11.8 Å². The first-order valence-corrected chi connectivity index (χ1v) is 10.7. The summed E-state index contributed by atoms with van der Waals surface area (Å²) in [4.78, 5) is 30.3. The van der Waals surface area contributed by atoms with Crippen LogP contribution in [0.15, 0.2) is 48.5 Å². The van der Waals surface area contributed by atoms with Gasteiger partial charge < -0.3 is 19.3 Å². The van der Waals surface area contributed by atoms with Gasteiger partial charge >= 0.3 is 0 Å². The van der Waals surface area contributed by atoms with Gasteiger partial charge in [-0.05, 0) is 42.7 Å². The standard InChI is InChI=1S/C25H32N2O4/c1-17(2)16-26(3)25(29)21-14-15-23(28)27(18-10-12-19(30-4)13-11-18)24(21)20-8-6-7-9-22(20)31-5/h6-13,17,21,24H,14-16H2,1-5H3. The van der Waals surface area contributed by atoms with Crippen molar-refractivity contribution in [2.75, 3.05) is 32.7 Å². The maximum atomic E-state index is 13.5. The van der Waals surface area contributed by atoms with Crippen molar-refractivity contribution in [1.82, 2.24) is 4.90 Å². The molecule has 6 nitrogen and oxygen atoms in total. The minimum absolute atomic E-state index is 0.00312. The summed E-state index contributed by atoms with van der Waals surface area (Å²) in [6, 6.07) is 14.6. The lowest BCUT2D eigenvalue weighted by molar-refractivity contribution is -0.137. The van der Waals surface area contributed by atoms with Crippen molar-refractivity contribution in [3.8, 4) is 11.5 Å². The summed E-state index contributed by atoms with van der Waals surface area (Å²) >= 11 is 0. The Morgan fingerprint density at radius 2 is 1.77 bits per heavy atom. The van der Waals surface area contributed by atoms with Crippen molar-refractivity contribution in [3.05, 3.63) is 54.1 Å². The zero-order valence-corrected chi connectivity index (χ0v) is 19.0. The van der Waals surface area contributed by atoms with Crippen molar-refractivity contribution < 1.29 is 19.1 Å². The van der Waals surface area contributed by atoms with E-state index >= 15 is 0 Å². The highest BCUT2D eigenvalue weighted by Crippen LogP contribution is 2.43. The quantitative estimate of drug-likeness (QED) is 0.665. The molecule has 0 aliphatic carbocycles. The molecular formula is C25H32N2O4. The summed E-state index contributed by atoms with van der Waals surface area (Å²) in [5.74, 6) is 1.44. The molecule has 0 saturated carbocycles. The second-order valence-electron chi connectivity index (χ2n) is 8.41. The Labute approximate surface area is 184 Å². The molecule has 0 bridgehead atoms. The van der Waals surface area contributed by atoms with Gasteiger partial charge in [0.2, 0.25) is 11.8 Å². The third-order valence-electron chi connectivity index (χ3n) is 5.74. The number of hydrogen-bond acceptors (Lipinski definition) is 4. The van der Waals surface area contributed by atoms with E-state index in [0.717, 1.165) is 11.3 Å². The molecule has 166 valence electrons. The average molecular weight is 425 g/mol. The molecule has 0 radical (unpaired) electrons. The molecule has 1 heterocycles. The van der Waals surface area contributed by atoms with Gasteiger partial charge in [0.25, 0.3) is 0 Å². The summed E-state index contributed by atoms with van der Waals surface area (Å²) in [6.07, 6.45) is 0.832. The van der Waals surface area contributed by atoms with Crippen LogP contribution < -0.4 is 14.4 Å². The fraction of sp³-hybridized carbons (Fsp3) is 0.440. The van der Waals surface area contributed by atoms with E-state index in [1.54, 1.807) is 24.0 Å². The topological polar surface area (TPSA) is 59.1 Å². The van der Waals surface area contributed by atoms with E-state index in [1.165, 1.54) is 0 Å². The van der Waals surface area contributed by atoms with Crippen LogP contribution >= 0.6 is 0 Å². The number of methoxy groups -OCH3 is 2. The number of amides is 2. The number of rotatable bonds is 7. The largest absolute Gasteiger partial charge is 0.497 e. The molecule has 1 aliphatic rings. The summed E-state index contributed by atoms with van der Waals surface area (Å²) in [6.45, 7) is 4.86. The first-order chi connectivity index (χ1) is 14.9. The van der Waals surface area contributed by atoms with Crippen LogP contribution in [0.4, 0.5) is 5.69 Å². The molecule has 31 heavy (non-hydrogen) atoms. The van der Waals surface area contributed by atoms with Gasteiger partial charge in [-0.2, -0.15) is 0 Å². The van der Waals surface area contributed by atoms with E-state index in [2.05, 4.69) is 13.8 Å². The minimum Gasteiger partial charge on any atom is -0.497 e. The first kappa shape index (κ1) is 22.7. The van der Waals surface area contributed by atoms with Crippen molar-refractivity contribution in [2.45, 2.75) is 32.7 Å². The summed E-state index contributed by atoms with van der Waals surface area (Å²) < 4.78 is 10.9. The molecule has 3 rings (SSSR count). The van der Waals surface area contributed by atoms with Gasteiger partial charge in [0, 0.05) is 31.3 Å². The number of benzene rings is 2. The predicted octanol–water partition coefficient (Wildman–Crippen LogP) is 4.30. The van der Waals surface area contributed by atoms with Gasteiger partial charge in [-0.1, -0.05) is 32.0 Å². The maximum Gasteiger partial charge on any atom is 0.227 e. The zero-order valence-electron chi connectivity index (χ0n) is 19.0. The molecule has 2 unspecified atom stereocenters. The van der Waals surface area contributed by atoms with Crippen LogP contribution in [-0.4, -0.2) is 44.5 Å². The predicted molar refractivity (Wildman–Crippen MR) is 121 cm³/mol. The van der Waals surface area contributed by atoms with Crippen LogP contribution in [0.3, 0.4) is 0 Å². The lowest BCUT2D eigenvalue weighted by atomic mass is 9.82. The second kappa shape index (κ2) is 9.86. The molecule has 1 aliphatic heterocycles.